The smallest absolute Gasteiger partial charge is 0.246 e. The summed E-state index contributed by atoms with van der Waals surface area (Å²) in [5, 5.41) is 18.1. The van der Waals surface area contributed by atoms with Gasteiger partial charge in [-0.1, -0.05) is 6.58 Å². The Morgan fingerprint density at radius 1 is 1.17 bits per heavy atom. The first-order valence-electron chi connectivity index (χ1n) is 15.9. The molecule has 2 aliphatic heterocycles. The first-order chi connectivity index (χ1) is 22.9. The maximum absolute atomic E-state index is 16.2. The fourth-order valence-corrected chi connectivity index (χ4v) is 7.50. The fraction of sp³-hybridized carbons (Fsp3) is 0.333. The molecule has 12 heteroatoms. The molecule has 0 radical (unpaired) electrons. The van der Waals surface area contributed by atoms with E-state index in [1.807, 2.05) is 35.3 Å². The van der Waals surface area contributed by atoms with Crippen LogP contribution in [0, 0.1) is 11.6 Å². The van der Waals surface area contributed by atoms with Crippen LogP contribution in [-0.2, 0) is 24.3 Å². The molecule has 1 N–H and O–H groups in total. The zero-order valence-corrected chi connectivity index (χ0v) is 28.1. The van der Waals surface area contributed by atoms with Gasteiger partial charge < -0.3 is 19.6 Å². The van der Waals surface area contributed by atoms with E-state index in [1.165, 1.54) is 17.4 Å². The van der Waals surface area contributed by atoms with Gasteiger partial charge in [0.05, 0.1) is 35.1 Å². The standard InChI is InChI=1S/C36H36F2N6O3S/c1-6-30(45)43-10-11-44-28(20(43)2)16-27(41-44)34-32(31-25(38)14-23(37)15-29(31)47-19-36(3,4)46)35-24(8-12-48-35)33(40-34)21-13-22-18-42(5)9-7-26(22)39-17-21/h6,8,12-17,20,46H,1,7,9-11,18-19H2,2-5H3/t20-/m1/s1. The quantitative estimate of drug-likeness (QED) is 0.201. The van der Waals surface area contributed by atoms with Gasteiger partial charge in [-0.25, -0.2) is 13.8 Å². The van der Waals surface area contributed by atoms with Crippen LogP contribution in [0.25, 0.3) is 43.9 Å². The van der Waals surface area contributed by atoms with E-state index in [4.69, 9.17) is 19.8 Å². The van der Waals surface area contributed by atoms with Gasteiger partial charge in [0, 0.05) is 71.3 Å². The van der Waals surface area contributed by atoms with Crippen LogP contribution in [0.4, 0.5) is 8.78 Å². The number of hydrogen-bond donors (Lipinski definition) is 1. The minimum Gasteiger partial charge on any atom is -0.490 e. The van der Waals surface area contributed by atoms with Crippen LogP contribution in [-0.4, -0.2) is 72.9 Å². The van der Waals surface area contributed by atoms with Gasteiger partial charge in [-0.2, -0.15) is 5.10 Å². The Morgan fingerprint density at radius 3 is 2.75 bits per heavy atom. The number of benzene rings is 1. The van der Waals surface area contributed by atoms with E-state index in [0.717, 1.165) is 59.5 Å². The van der Waals surface area contributed by atoms with E-state index in [0.29, 0.717) is 40.4 Å². The Labute approximate surface area is 281 Å². The molecule has 1 amide bonds. The van der Waals surface area contributed by atoms with Gasteiger partial charge >= 0.3 is 0 Å². The molecule has 1 aromatic carbocycles. The van der Waals surface area contributed by atoms with Crippen molar-refractivity contribution in [1.82, 2.24) is 29.5 Å². The average molecular weight is 671 g/mol. The largest absolute Gasteiger partial charge is 0.490 e. The van der Waals surface area contributed by atoms with Crippen LogP contribution in [0.5, 0.6) is 5.75 Å². The summed E-state index contributed by atoms with van der Waals surface area (Å²) in [7, 11) is 2.08. The van der Waals surface area contributed by atoms with Gasteiger partial charge in [0.15, 0.2) is 0 Å². The Morgan fingerprint density at radius 2 is 1.98 bits per heavy atom. The molecule has 0 fully saturated rings. The lowest BCUT2D eigenvalue weighted by Gasteiger charge is -2.33. The number of thiophene rings is 1. The molecule has 4 aromatic heterocycles. The third-order valence-corrected chi connectivity index (χ3v) is 9.85. The summed E-state index contributed by atoms with van der Waals surface area (Å²) in [5.41, 5.74) is 4.48. The van der Waals surface area contributed by atoms with E-state index in [9.17, 15) is 14.3 Å². The van der Waals surface area contributed by atoms with Gasteiger partial charge in [0.2, 0.25) is 5.91 Å². The second kappa shape index (κ2) is 12.2. The van der Waals surface area contributed by atoms with Crippen molar-refractivity contribution in [2.45, 2.75) is 51.9 Å². The van der Waals surface area contributed by atoms with Crippen molar-refractivity contribution in [2.75, 3.05) is 26.7 Å². The SMILES string of the molecule is C=CC(=O)N1CCn2nc(-c3nc(-c4cnc5c(c4)CN(C)CC5)c4ccsc4c3-c3c(F)cc(F)cc3OCC(C)(C)O)cc2[C@H]1C. The lowest BCUT2D eigenvalue weighted by Crippen LogP contribution is -2.40. The average Bonchev–Trinajstić information content (AvgIpc) is 3.71. The molecule has 7 rings (SSSR count). The van der Waals surface area contributed by atoms with Crippen LogP contribution in [0.1, 0.15) is 43.8 Å². The first kappa shape index (κ1) is 32.0. The number of carbonyl (C=O) groups excluding carboxylic acids is 1. The third-order valence-electron chi connectivity index (χ3n) is 8.92. The van der Waals surface area contributed by atoms with Gasteiger partial charge in [0.1, 0.15) is 35.4 Å². The lowest BCUT2D eigenvalue weighted by molar-refractivity contribution is -0.129. The summed E-state index contributed by atoms with van der Waals surface area (Å²) in [5.74, 6) is -1.87. The van der Waals surface area contributed by atoms with Gasteiger partial charge in [0.25, 0.3) is 0 Å². The number of fused-ring (bicyclic) bond motifs is 3. The van der Waals surface area contributed by atoms with Crippen molar-refractivity contribution in [2.24, 2.45) is 0 Å². The van der Waals surface area contributed by atoms with Gasteiger partial charge in [-0.3, -0.25) is 14.5 Å². The number of pyridine rings is 2. The van der Waals surface area contributed by atoms with Crippen molar-refractivity contribution >= 4 is 27.3 Å². The molecule has 0 aliphatic carbocycles. The Kier molecular flexibility index (Phi) is 8.13. The number of likely N-dealkylation sites (N-methyl/N-ethyl adjacent to an activating group) is 1. The number of hydrogen-bond acceptors (Lipinski definition) is 8. The van der Waals surface area contributed by atoms with E-state index >= 15 is 4.39 Å². The minimum absolute atomic E-state index is 0.0230. The second-order valence-corrected chi connectivity index (χ2v) is 14.0. The van der Waals surface area contributed by atoms with Gasteiger partial charge in [-0.15, -0.1) is 11.3 Å². The lowest BCUT2D eigenvalue weighted by atomic mass is 9.95. The number of aromatic nitrogens is 4. The molecule has 6 heterocycles. The molecular formula is C36H36F2N6O3S. The Balaban J connectivity index is 1.49. The summed E-state index contributed by atoms with van der Waals surface area (Å²) in [6.07, 6.45) is 4.00. The minimum atomic E-state index is -1.26. The van der Waals surface area contributed by atoms with E-state index < -0.39 is 17.2 Å². The number of carbonyl (C=O) groups is 1. The summed E-state index contributed by atoms with van der Waals surface area (Å²) in [4.78, 5) is 26.6. The molecule has 5 aromatic rings. The molecule has 0 saturated carbocycles. The van der Waals surface area contributed by atoms with Crippen molar-refractivity contribution < 1.29 is 23.4 Å². The maximum atomic E-state index is 16.2. The molecule has 9 nitrogen and oxygen atoms in total. The second-order valence-electron chi connectivity index (χ2n) is 13.1. The molecular weight excluding hydrogens is 634 g/mol. The number of halogens is 2. The molecule has 2 aliphatic rings. The monoisotopic (exact) mass is 670 g/mol. The summed E-state index contributed by atoms with van der Waals surface area (Å²) in [6, 6.07) is 7.60. The van der Waals surface area contributed by atoms with Crippen LogP contribution in [0.2, 0.25) is 0 Å². The van der Waals surface area contributed by atoms with Crippen LogP contribution < -0.4 is 4.74 Å². The zero-order valence-electron chi connectivity index (χ0n) is 27.3. The molecule has 48 heavy (non-hydrogen) atoms. The fourth-order valence-electron chi connectivity index (χ4n) is 6.56. The topological polar surface area (TPSA) is 96.6 Å². The number of rotatable bonds is 7. The van der Waals surface area contributed by atoms with Crippen LogP contribution >= 0.6 is 11.3 Å². The number of ether oxygens (including phenoxy) is 1. The van der Waals surface area contributed by atoms with E-state index in [1.54, 1.807) is 18.7 Å². The highest BCUT2D eigenvalue weighted by Crippen LogP contribution is 2.47. The highest BCUT2D eigenvalue weighted by atomic mass is 32.1. The van der Waals surface area contributed by atoms with E-state index in [2.05, 4.69) is 24.6 Å². The number of amides is 1. The predicted molar refractivity (Wildman–Crippen MR) is 182 cm³/mol. The molecule has 0 bridgehead atoms. The number of nitrogens with zero attached hydrogens (tertiary/aromatic N) is 6. The normalized spacial score (nSPS) is 16.6. The van der Waals surface area contributed by atoms with Crippen molar-refractivity contribution in [3.05, 3.63) is 83.1 Å². The zero-order chi connectivity index (χ0) is 33.9. The maximum Gasteiger partial charge on any atom is 0.246 e. The summed E-state index contributed by atoms with van der Waals surface area (Å²) >= 11 is 1.41. The highest BCUT2D eigenvalue weighted by Gasteiger charge is 2.32. The molecule has 248 valence electrons. The molecule has 0 spiro atoms. The Hall–Kier alpha value is -4.52. The molecule has 0 saturated heterocycles. The summed E-state index contributed by atoms with van der Waals surface area (Å²) < 4.78 is 39.4. The van der Waals surface area contributed by atoms with Crippen LogP contribution in [0.3, 0.4) is 0 Å². The van der Waals surface area contributed by atoms with Gasteiger partial charge in [-0.05, 0) is 63.0 Å². The third kappa shape index (κ3) is 5.78. The Bertz CT molecular complexity index is 2080. The van der Waals surface area contributed by atoms with Crippen LogP contribution in [0.15, 0.2) is 54.6 Å². The summed E-state index contributed by atoms with van der Waals surface area (Å²) in [6.45, 7) is 11.1. The number of aliphatic hydroxyl groups is 1. The first-order valence-corrected chi connectivity index (χ1v) is 16.7. The highest BCUT2D eigenvalue weighted by molar-refractivity contribution is 7.18. The van der Waals surface area contributed by atoms with Crippen molar-refractivity contribution in [3.8, 4) is 39.5 Å². The molecule has 0 unspecified atom stereocenters. The van der Waals surface area contributed by atoms with Crippen molar-refractivity contribution in [3.63, 3.8) is 0 Å². The van der Waals surface area contributed by atoms with E-state index in [-0.39, 0.29) is 29.9 Å². The molecule has 1 atom stereocenters. The predicted octanol–water partition coefficient (Wildman–Crippen LogP) is 6.39. The van der Waals surface area contributed by atoms with Crippen molar-refractivity contribution in [1.29, 1.82) is 0 Å².